The fourth-order valence-electron chi connectivity index (χ4n) is 4.16. The topological polar surface area (TPSA) is 57.7 Å². The summed E-state index contributed by atoms with van der Waals surface area (Å²) < 4.78 is 0. The lowest BCUT2D eigenvalue weighted by Gasteiger charge is -2.27. The van der Waals surface area contributed by atoms with E-state index in [4.69, 9.17) is 0 Å². The van der Waals surface area contributed by atoms with Gasteiger partial charge in [-0.15, -0.1) is 11.3 Å². The van der Waals surface area contributed by atoms with E-state index < -0.39 is 0 Å². The van der Waals surface area contributed by atoms with Crippen LogP contribution < -0.4 is 4.90 Å². The Kier molecular flexibility index (Phi) is 4.33. The first-order chi connectivity index (χ1) is 14.4. The van der Waals surface area contributed by atoms with Crippen LogP contribution in [0.3, 0.4) is 0 Å². The molecule has 0 radical (unpaired) electrons. The van der Waals surface area contributed by atoms with Crippen LogP contribution in [0.25, 0.3) is 0 Å². The molecule has 0 saturated heterocycles. The average Bonchev–Trinajstić information content (AvgIpc) is 3.31. The van der Waals surface area contributed by atoms with Crippen LogP contribution in [0.15, 0.2) is 47.8 Å². The van der Waals surface area contributed by atoms with Crippen molar-refractivity contribution in [3.8, 4) is 0 Å². The summed E-state index contributed by atoms with van der Waals surface area (Å²) in [5, 5.41) is 2.06. The number of carbonyl (C=O) groups is 3. The Morgan fingerprint density at radius 1 is 0.967 bits per heavy atom. The second kappa shape index (κ2) is 6.92. The Morgan fingerprint density at radius 2 is 1.77 bits per heavy atom. The van der Waals surface area contributed by atoms with E-state index in [2.05, 4.69) is 11.4 Å². The minimum absolute atomic E-state index is 0.111. The van der Waals surface area contributed by atoms with Crippen LogP contribution in [0.2, 0.25) is 0 Å². The van der Waals surface area contributed by atoms with E-state index in [-0.39, 0.29) is 17.7 Å². The number of hydrogen-bond donors (Lipinski definition) is 0. The molecule has 0 spiro atoms. The summed E-state index contributed by atoms with van der Waals surface area (Å²) in [6.45, 7) is 5.04. The first-order valence-electron chi connectivity index (χ1n) is 9.88. The number of imide groups is 1. The van der Waals surface area contributed by atoms with Crippen molar-refractivity contribution in [2.45, 2.75) is 26.8 Å². The minimum Gasteiger partial charge on any atom is -0.334 e. The van der Waals surface area contributed by atoms with Crippen molar-refractivity contribution < 1.29 is 14.4 Å². The molecule has 0 saturated carbocycles. The third-order valence-corrected chi connectivity index (χ3v) is 6.86. The van der Waals surface area contributed by atoms with Crippen molar-refractivity contribution in [2.75, 3.05) is 11.4 Å². The van der Waals surface area contributed by atoms with Crippen LogP contribution >= 0.6 is 11.3 Å². The number of carbonyl (C=O) groups excluding carboxylic acids is 3. The van der Waals surface area contributed by atoms with Gasteiger partial charge in [0.1, 0.15) is 0 Å². The molecule has 3 amide bonds. The number of fused-ring (bicyclic) bond motifs is 2. The van der Waals surface area contributed by atoms with E-state index in [9.17, 15) is 14.4 Å². The van der Waals surface area contributed by atoms with Crippen molar-refractivity contribution in [3.63, 3.8) is 0 Å². The summed E-state index contributed by atoms with van der Waals surface area (Å²) in [6.07, 6.45) is 0.849. The average molecular weight is 417 g/mol. The maximum Gasteiger partial charge on any atom is 0.266 e. The van der Waals surface area contributed by atoms with Crippen molar-refractivity contribution in [2.24, 2.45) is 0 Å². The SMILES string of the molecule is Cc1ccc(C)c(N2C(=O)c3ccc(C(=O)N4CCc5sccc5C4)cc3C2=O)c1. The number of amides is 3. The highest BCUT2D eigenvalue weighted by Gasteiger charge is 2.38. The molecule has 0 N–H and O–H groups in total. The third kappa shape index (κ3) is 2.87. The van der Waals surface area contributed by atoms with Crippen molar-refractivity contribution in [1.29, 1.82) is 0 Å². The monoisotopic (exact) mass is 416 g/mol. The zero-order valence-corrected chi connectivity index (χ0v) is 17.6. The number of rotatable bonds is 2. The van der Waals surface area contributed by atoms with Gasteiger partial charge in [-0.3, -0.25) is 14.4 Å². The maximum atomic E-state index is 13.1. The quantitative estimate of drug-likeness (QED) is 0.583. The van der Waals surface area contributed by atoms with E-state index in [0.29, 0.717) is 35.5 Å². The maximum absolute atomic E-state index is 13.1. The van der Waals surface area contributed by atoms with Crippen LogP contribution in [-0.2, 0) is 13.0 Å². The number of hydrogen-bond acceptors (Lipinski definition) is 4. The Bertz CT molecular complexity index is 1230. The number of anilines is 1. The van der Waals surface area contributed by atoms with Gasteiger partial charge in [-0.1, -0.05) is 12.1 Å². The summed E-state index contributed by atoms with van der Waals surface area (Å²) in [6, 6.07) is 12.6. The van der Waals surface area contributed by atoms with Gasteiger partial charge in [0, 0.05) is 23.5 Å². The summed E-state index contributed by atoms with van der Waals surface area (Å²) in [5.74, 6) is -0.833. The van der Waals surface area contributed by atoms with E-state index in [1.54, 1.807) is 34.4 Å². The summed E-state index contributed by atoms with van der Waals surface area (Å²) in [4.78, 5) is 43.6. The second-order valence-electron chi connectivity index (χ2n) is 7.84. The largest absolute Gasteiger partial charge is 0.334 e. The molecule has 0 atom stereocenters. The van der Waals surface area contributed by atoms with Gasteiger partial charge in [-0.05, 0) is 72.7 Å². The molecule has 2 aliphatic heterocycles. The summed E-state index contributed by atoms with van der Waals surface area (Å²) in [7, 11) is 0. The lowest BCUT2D eigenvalue weighted by Crippen LogP contribution is -2.35. The van der Waals surface area contributed by atoms with Gasteiger partial charge in [-0.2, -0.15) is 0 Å². The van der Waals surface area contributed by atoms with E-state index in [1.165, 1.54) is 15.3 Å². The summed E-state index contributed by atoms with van der Waals surface area (Å²) in [5.41, 5.74) is 4.68. The van der Waals surface area contributed by atoms with E-state index in [0.717, 1.165) is 17.5 Å². The van der Waals surface area contributed by atoms with Crippen molar-refractivity contribution in [1.82, 2.24) is 4.90 Å². The van der Waals surface area contributed by atoms with Crippen LogP contribution in [0.5, 0.6) is 0 Å². The van der Waals surface area contributed by atoms with E-state index in [1.807, 2.05) is 32.0 Å². The lowest BCUT2D eigenvalue weighted by molar-refractivity contribution is 0.0735. The van der Waals surface area contributed by atoms with E-state index >= 15 is 0 Å². The molecule has 6 heteroatoms. The first kappa shape index (κ1) is 18.8. The molecule has 2 aliphatic rings. The third-order valence-electron chi connectivity index (χ3n) is 5.83. The van der Waals surface area contributed by atoms with Crippen LogP contribution in [0, 0.1) is 13.8 Å². The smallest absolute Gasteiger partial charge is 0.266 e. The molecule has 3 heterocycles. The molecule has 0 fully saturated rings. The highest BCUT2D eigenvalue weighted by atomic mass is 32.1. The highest BCUT2D eigenvalue weighted by Crippen LogP contribution is 2.32. The number of thiophene rings is 1. The van der Waals surface area contributed by atoms with Gasteiger partial charge in [0.2, 0.25) is 0 Å². The van der Waals surface area contributed by atoms with Gasteiger partial charge >= 0.3 is 0 Å². The number of aryl methyl sites for hydroxylation is 2. The van der Waals surface area contributed by atoms with Gasteiger partial charge in [-0.25, -0.2) is 4.90 Å². The zero-order chi connectivity index (χ0) is 21.0. The number of benzene rings is 2. The molecule has 150 valence electrons. The predicted molar refractivity (Wildman–Crippen MR) is 116 cm³/mol. The van der Waals surface area contributed by atoms with Crippen LogP contribution in [0.1, 0.15) is 52.6 Å². The molecule has 5 nitrogen and oxygen atoms in total. The van der Waals surface area contributed by atoms with Gasteiger partial charge in [0.15, 0.2) is 0 Å². The highest BCUT2D eigenvalue weighted by molar-refractivity contribution is 7.10. The summed E-state index contributed by atoms with van der Waals surface area (Å²) >= 11 is 1.73. The van der Waals surface area contributed by atoms with Crippen molar-refractivity contribution >= 4 is 34.7 Å². The molecule has 3 aromatic rings. The molecular weight excluding hydrogens is 396 g/mol. The van der Waals surface area contributed by atoms with Crippen LogP contribution in [0.4, 0.5) is 5.69 Å². The lowest BCUT2D eigenvalue weighted by atomic mass is 10.0. The number of nitrogens with zero attached hydrogens (tertiary/aromatic N) is 2. The second-order valence-corrected chi connectivity index (χ2v) is 8.84. The molecule has 30 heavy (non-hydrogen) atoms. The molecule has 0 aliphatic carbocycles. The fraction of sp³-hybridized carbons (Fsp3) is 0.208. The minimum atomic E-state index is -0.378. The Balaban J connectivity index is 1.47. The molecule has 2 aromatic carbocycles. The standard InChI is InChI=1S/C24H20N2O3S/c1-14-3-4-15(2)20(11-14)26-23(28)18-6-5-16(12-19(18)24(26)29)22(27)25-9-7-21-17(13-25)8-10-30-21/h3-6,8,10-12H,7,9,13H2,1-2H3. The van der Waals surface area contributed by atoms with Gasteiger partial charge in [0.25, 0.3) is 17.7 Å². The molecule has 0 unspecified atom stereocenters. The molecular formula is C24H20N2O3S. The fourth-order valence-corrected chi connectivity index (χ4v) is 5.05. The predicted octanol–water partition coefficient (Wildman–Crippen LogP) is 4.36. The Hall–Kier alpha value is -3.25. The molecule has 5 rings (SSSR count). The Morgan fingerprint density at radius 3 is 2.60 bits per heavy atom. The molecule has 0 bridgehead atoms. The Labute approximate surface area is 178 Å². The van der Waals surface area contributed by atoms with Crippen molar-refractivity contribution in [3.05, 3.63) is 86.1 Å². The zero-order valence-electron chi connectivity index (χ0n) is 16.8. The van der Waals surface area contributed by atoms with Gasteiger partial charge < -0.3 is 4.90 Å². The normalized spacial score (nSPS) is 15.4. The van der Waals surface area contributed by atoms with Gasteiger partial charge in [0.05, 0.1) is 16.8 Å². The first-order valence-corrected chi connectivity index (χ1v) is 10.8. The van der Waals surface area contributed by atoms with Crippen LogP contribution in [-0.4, -0.2) is 29.2 Å². The molecule has 1 aromatic heterocycles.